The number of nitrogens with zero attached hydrogens (tertiary/aromatic N) is 2. The van der Waals surface area contributed by atoms with Gasteiger partial charge in [0.2, 0.25) is 0 Å². The molecular weight excluding hydrogens is 254 g/mol. The predicted molar refractivity (Wildman–Crippen MR) is 84.3 cm³/mol. The Bertz CT molecular complexity index is 425. The number of rotatable bonds is 5. The highest BCUT2D eigenvalue weighted by Gasteiger charge is 2.17. The van der Waals surface area contributed by atoms with Crippen LogP contribution in [-0.4, -0.2) is 47.5 Å². The Hall–Kier alpha value is -0.970. The molecule has 0 atom stereocenters. The summed E-state index contributed by atoms with van der Waals surface area (Å²) in [5, 5.41) is 0. The van der Waals surface area contributed by atoms with Gasteiger partial charge in [0, 0.05) is 38.3 Å². The van der Waals surface area contributed by atoms with Gasteiger partial charge in [-0.3, -0.25) is 4.90 Å². The molecule has 1 heterocycles. The molecule has 3 nitrogen and oxygen atoms in total. The van der Waals surface area contributed by atoms with Crippen LogP contribution >= 0.6 is 12.2 Å². The Labute approximate surface area is 121 Å². The Morgan fingerprint density at radius 2 is 1.79 bits per heavy atom. The van der Waals surface area contributed by atoms with E-state index >= 15 is 0 Å². The lowest BCUT2D eigenvalue weighted by atomic mass is 10.1. The number of hydrogen-bond donors (Lipinski definition) is 1. The molecule has 1 saturated heterocycles. The van der Waals surface area contributed by atoms with E-state index in [0.29, 0.717) is 4.99 Å². The molecular formula is C15H23N3S. The number of benzene rings is 1. The van der Waals surface area contributed by atoms with Crippen molar-refractivity contribution in [2.24, 2.45) is 5.73 Å². The quantitative estimate of drug-likeness (QED) is 0.833. The summed E-state index contributed by atoms with van der Waals surface area (Å²) in [5.74, 6) is 0. The highest BCUT2D eigenvalue weighted by atomic mass is 32.1. The van der Waals surface area contributed by atoms with Crippen LogP contribution in [-0.2, 0) is 6.54 Å². The first-order valence-electron chi connectivity index (χ1n) is 7.03. The van der Waals surface area contributed by atoms with Crippen molar-refractivity contribution >= 4 is 17.2 Å². The second-order valence-electron chi connectivity index (χ2n) is 5.14. The van der Waals surface area contributed by atoms with Gasteiger partial charge < -0.3 is 10.6 Å². The average Bonchev–Trinajstić information content (AvgIpc) is 2.42. The highest BCUT2D eigenvalue weighted by Crippen LogP contribution is 2.13. The van der Waals surface area contributed by atoms with Crippen LogP contribution in [0.25, 0.3) is 0 Å². The molecule has 4 heteroatoms. The molecule has 0 aromatic heterocycles. The molecule has 0 saturated carbocycles. The standard InChI is InChI=1S/C15H23N3S/c1-2-7-17-8-10-18(11-9-17)12-13-5-3-4-6-14(13)15(16)19/h3-6H,2,7-12H2,1H3,(H2,16,19). The molecule has 0 unspecified atom stereocenters. The highest BCUT2D eigenvalue weighted by molar-refractivity contribution is 7.80. The summed E-state index contributed by atoms with van der Waals surface area (Å²) in [6, 6.07) is 8.21. The minimum Gasteiger partial charge on any atom is -0.389 e. The summed E-state index contributed by atoms with van der Waals surface area (Å²) in [4.78, 5) is 5.53. The summed E-state index contributed by atoms with van der Waals surface area (Å²) < 4.78 is 0. The molecule has 0 aliphatic carbocycles. The van der Waals surface area contributed by atoms with Gasteiger partial charge in [0.25, 0.3) is 0 Å². The van der Waals surface area contributed by atoms with Crippen LogP contribution in [0.3, 0.4) is 0 Å². The van der Waals surface area contributed by atoms with Crippen molar-refractivity contribution in [3.8, 4) is 0 Å². The molecule has 1 aromatic rings. The number of piperazine rings is 1. The van der Waals surface area contributed by atoms with E-state index < -0.39 is 0 Å². The minimum absolute atomic E-state index is 0.500. The number of hydrogen-bond acceptors (Lipinski definition) is 3. The molecule has 0 radical (unpaired) electrons. The third-order valence-electron chi connectivity index (χ3n) is 3.68. The number of nitrogens with two attached hydrogens (primary N) is 1. The summed E-state index contributed by atoms with van der Waals surface area (Å²) in [5.41, 5.74) is 8.06. The van der Waals surface area contributed by atoms with Crippen LogP contribution < -0.4 is 5.73 Å². The topological polar surface area (TPSA) is 32.5 Å². The summed E-state index contributed by atoms with van der Waals surface area (Å²) >= 11 is 5.12. The molecule has 2 N–H and O–H groups in total. The molecule has 0 bridgehead atoms. The molecule has 104 valence electrons. The van der Waals surface area contributed by atoms with Gasteiger partial charge >= 0.3 is 0 Å². The first-order valence-corrected chi connectivity index (χ1v) is 7.44. The minimum atomic E-state index is 0.500. The van der Waals surface area contributed by atoms with Crippen LogP contribution in [0.15, 0.2) is 24.3 Å². The van der Waals surface area contributed by atoms with E-state index in [1.165, 1.54) is 31.6 Å². The fraction of sp³-hybridized carbons (Fsp3) is 0.533. The van der Waals surface area contributed by atoms with Crippen LogP contribution in [0.2, 0.25) is 0 Å². The SMILES string of the molecule is CCCN1CCN(Cc2ccccc2C(N)=S)CC1. The van der Waals surface area contributed by atoms with Crippen LogP contribution in [0.4, 0.5) is 0 Å². The Balaban J connectivity index is 1.94. The van der Waals surface area contributed by atoms with Crippen molar-refractivity contribution in [3.63, 3.8) is 0 Å². The van der Waals surface area contributed by atoms with Crippen molar-refractivity contribution in [2.75, 3.05) is 32.7 Å². The molecule has 0 spiro atoms. The van der Waals surface area contributed by atoms with Crippen molar-refractivity contribution < 1.29 is 0 Å². The van der Waals surface area contributed by atoms with Gasteiger partial charge in [0.05, 0.1) is 0 Å². The van der Waals surface area contributed by atoms with Gasteiger partial charge in [-0.1, -0.05) is 43.4 Å². The average molecular weight is 277 g/mol. The fourth-order valence-electron chi connectivity index (χ4n) is 2.63. The largest absolute Gasteiger partial charge is 0.389 e. The van der Waals surface area contributed by atoms with Gasteiger partial charge in [0.15, 0.2) is 0 Å². The Morgan fingerprint density at radius 3 is 2.42 bits per heavy atom. The first-order chi connectivity index (χ1) is 9.20. The molecule has 19 heavy (non-hydrogen) atoms. The maximum Gasteiger partial charge on any atom is 0.104 e. The van der Waals surface area contributed by atoms with E-state index in [1.807, 2.05) is 12.1 Å². The maximum absolute atomic E-state index is 5.79. The monoisotopic (exact) mass is 277 g/mol. The molecule has 2 rings (SSSR count). The second kappa shape index (κ2) is 6.98. The van der Waals surface area contributed by atoms with E-state index in [1.54, 1.807) is 0 Å². The van der Waals surface area contributed by atoms with Crippen molar-refractivity contribution in [2.45, 2.75) is 19.9 Å². The van der Waals surface area contributed by atoms with E-state index in [4.69, 9.17) is 18.0 Å². The van der Waals surface area contributed by atoms with Gasteiger partial charge in [0.1, 0.15) is 4.99 Å². The lowest BCUT2D eigenvalue weighted by molar-refractivity contribution is 0.127. The zero-order valence-electron chi connectivity index (χ0n) is 11.6. The van der Waals surface area contributed by atoms with Crippen molar-refractivity contribution in [1.29, 1.82) is 0 Å². The van der Waals surface area contributed by atoms with E-state index in [2.05, 4.69) is 28.9 Å². The zero-order chi connectivity index (χ0) is 13.7. The summed E-state index contributed by atoms with van der Waals surface area (Å²) in [6.45, 7) is 9.01. The Kier molecular flexibility index (Phi) is 5.31. The lowest BCUT2D eigenvalue weighted by Gasteiger charge is -2.34. The maximum atomic E-state index is 5.79. The van der Waals surface area contributed by atoms with Crippen molar-refractivity contribution in [1.82, 2.24) is 9.80 Å². The van der Waals surface area contributed by atoms with Gasteiger partial charge in [-0.15, -0.1) is 0 Å². The Morgan fingerprint density at radius 1 is 1.16 bits per heavy atom. The summed E-state index contributed by atoms with van der Waals surface area (Å²) in [6.07, 6.45) is 1.24. The van der Waals surface area contributed by atoms with E-state index in [-0.39, 0.29) is 0 Å². The third-order valence-corrected chi connectivity index (χ3v) is 3.90. The first kappa shape index (κ1) is 14.4. The van der Waals surface area contributed by atoms with Gasteiger partial charge in [-0.05, 0) is 18.5 Å². The molecule has 0 amide bonds. The third kappa shape index (κ3) is 4.00. The molecule has 1 aliphatic rings. The molecule has 1 aliphatic heterocycles. The van der Waals surface area contributed by atoms with E-state index in [9.17, 15) is 0 Å². The summed E-state index contributed by atoms with van der Waals surface area (Å²) in [7, 11) is 0. The lowest BCUT2D eigenvalue weighted by Crippen LogP contribution is -2.46. The van der Waals surface area contributed by atoms with Gasteiger partial charge in [-0.25, -0.2) is 0 Å². The van der Waals surface area contributed by atoms with Crippen LogP contribution in [0.1, 0.15) is 24.5 Å². The smallest absolute Gasteiger partial charge is 0.104 e. The van der Waals surface area contributed by atoms with E-state index in [0.717, 1.165) is 25.2 Å². The normalized spacial score (nSPS) is 17.5. The van der Waals surface area contributed by atoms with Crippen LogP contribution in [0.5, 0.6) is 0 Å². The second-order valence-corrected chi connectivity index (χ2v) is 5.58. The fourth-order valence-corrected chi connectivity index (χ4v) is 2.83. The van der Waals surface area contributed by atoms with Crippen LogP contribution in [0, 0.1) is 0 Å². The zero-order valence-corrected chi connectivity index (χ0v) is 12.5. The van der Waals surface area contributed by atoms with Gasteiger partial charge in [-0.2, -0.15) is 0 Å². The molecule has 1 fully saturated rings. The predicted octanol–water partition coefficient (Wildman–Crippen LogP) is 1.85. The molecule has 1 aromatic carbocycles. The van der Waals surface area contributed by atoms with Crippen molar-refractivity contribution in [3.05, 3.63) is 35.4 Å². The number of thiocarbonyl (C=S) groups is 1.